The number of aryl methyl sites for hydroxylation is 1. The van der Waals surface area contributed by atoms with Crippen molar-refractivity contribution in [3.8, 4) is 17.0 Å². The van der Waals surface area contributed by atoms with Crippen molar-refractivity contribution in [2.24, 2.45) is 0 Å². The molecular weight excluding hydrogens is 504 g/mol. The first kappa shape index (κ1) is 26.8. The van der Waals surface area contributed by atoms with Crippen LogP contribution in [-0.4, -0.2) is 37.7 Å². The lowest BCUT2D eigenvalue weighted by molar-refractivity contribution is 0.102. The number of nitrogens with zero attached hydrogens (tertiary/aromatic N) is 2. The van der Waals surface area contributed by atoms with E-state index in [0.29, 0.717) is 47.2 Å². The Kier molecular flexibility index (Phi) is 8.35. The van der Waals surface area contributed by atoms with E-state index < -0.39 is 10.0 Å². The quantitative estimate of drug-likeness (QED) is 0.301. The Bertz CT molecular complexity index is 1530. The van der Waals surface area contributed by atoms with E-state index in [2.05, 4.69) is 20.0 Å². The minimum atomic E-state index is -3.55. The van der Waals surface area contributed by atoms with Crippen molar-refractivity contribution in [1.82, 2.24) is 9.97 Å². The minimum Gasteiger partial charge on any atom is -0.496 e. The van der Waals surface area contributed by atoms with Crippen LogP contribution < -0.4 is 14.8 Å². The fourth-order valence-electron chi connectivity index (χ4n) is 3.65. The van der Waals surface area contributed by atoms with Gasteiger partial charge in [0.05, 0.1) is 44.2 Å². The number of methoxy groups -OCH3 is 1. The summed E-state index contributed by atoms with van der Waals surface area (Å²) >= 11 is 0. The van der Waals surface area contributed by atoms with Crippen molar-refractivity contribution in [3.63, 3.8) is 0 Å². The molecule has 9 nitrogen and oxygen atoms in total. The first-order chi connectivity index (χ1) is 18.2. The molecule has 4 aromatic rings. The van der Waals surface area contributed by atoms with E-state index in [4.69, 9.17) is 9.47 Å². The zero-order chi connectivity index (χ0) is 27.1. The predicted octanol–water partition coefficient (Wildman–Crippen LogP) is 4.80. The number of amides is 1. The molecule has 0 bridgehead atoms. The van der Waals surface area contributed by atoms with Gasteiger partial charge in [0.25, 0.3) is 5.91 Å². The van der Waals surface area contributed by atoms with E-state index in [0.717, 1.165) is 17.4 Å². The van der Waals surface area contributed by atoms with Gasteiger partial charge in [-0.2, -0.15) is 0 Å². The molecule has 0 aliphatic rings. The van der Waals surface area contributed by atoms with Crippen LogP contribution in [0.2, 0.25) is 0 Å². The van der Waals surface area contributed by atoms with E-state index in [1.54, 1.807) is 25.1 Å². The summed E-state index contributed by atoms with van der Waals surface area (Å²) in [6, 6.07) is 22.3. The van der Waals surface area contributed by atoms with Crippen LogP contribution in [0.4, 0.5) is 11.5 Å². The maximum Gasteiger partial charge on any atom is 0.255 e. The number of nitrogens with one attached hydrogen (secondary N) is 2. The lowest BCUT2D eigenvalue weighted by atomic mass is 10.1. The Balaban J connectivity index is 1.46. The van der Waals surface area contributed by atoms with Crippen molar-refractivity contribution < 1.29 is 22.7 Å². The van der Waals surface area contributed by atoms with Crippen LogP contribution >= 0.6 is 0 Å². The summed E-state index contributed by atoms with van der Waals surface area (Å²) in [6.45, 7) is 2.63. The summed E-state index contributed by atoms with van der Waals surface area (Å²) in [4.78, 5) is 21.7. The van der Waals surface area contributed by atoms with Crippen molar-refractivity contribution >= 4 is 27.4 Å². The maximum absolute atomic E-state index is 13.0. The summed E-state index contributed by atoms with van der Waals surface area (Å²) in [5, 5.41) is 2.89. The highest BCUT2D eigenvalue weighted by molar-refractivity contribution is 7.92. The van der Waals surface area contributed by atoms with Gasteiger partial charge < -0.3 is 14.8 Å². The fraction of sp³-hybridized carbons (Fsp3) is 0.179. The number of carbonyl (C=O) groups excluding carboxylic acids is 1. The Labute approximate surface area is 221 Å². The summed E-state index contributed by atoms with van der Waals surface area (Å²) in [6.07, 6.45) is 2.54. The molecule has 0 aliphatic heterocycles. The molecule has 0 atom stereocenters. The third-order valence-electron chi connectivity index (χ3n) is 5.57. The van der Waals surface area contributed by atoms with E-state index in [-0.39, 0.29) is 11.7 Å². The molecule has 0 aliphatic carbocycles. The van der Waals surface area contributed by atoms with Crippen LogP contribution in [0.3, 0.4) is 0 Å². The third-order valence-corrected chi connectivity index (χ3v) is 6.13. The standard InChI is InChI=1S/C28H28N4O5S/c1-19-27(32-38(3,34)35)31-25(16-29-19)24-15-22(11-14-26(24)36-2)28(33)30-23-12-9-21(10-13-23)18-37-17-20-7-5-4-6-8-20/h4-16H,17-18H2,1-3H3,(H,30,33)(H,31,32). The van der Waals surface area contributed by atoms with Crippen molar-refractivity contribution in [2.45, 2.75) is 20.1 Å². The monoisotopic (exact) mass is 532 g/mol. The SMILES string of the molecule is COc1ccc(C(=O)Nc2ccc(COCc3ccccc3)cc2)cc1-c1cnc(C)c(NS(C)(=O)=O)n1. The predicted molar refractivity (Wildman–Crippen MR) is 147 cm³/mol. The van der Waals surface area contributed by atoms with Gasteiger partial charge in [0.1, 0.15) is 5.75 Å². The van der Waals surface area contributed by atoms with Crippen LogP contribution in [0.15, 0.2) is 79.0 Å². The molecule has 10 heteroatoms. The molecule has 1 amide bonds. The van der Waals surface area contributed by atoms with Crippen molar-refractivity contribution in [3.05, 3.63) is 101 Å². The molecule has 1 heterocycles. The summed E-state index contributed by atoms with van der Waals surface area (Å²) in [7, 11) is -2.05. The summed E-state index contributed by atoms with van der Waals surface area (Å²) in [5.74, 6) is 0.246. The fourth-order valence-corrected chi connectivity index (χ4v) is 4.19. The number of aromatic nitrogens is 2. The summed E-state index contributed by atoms with van der Waals surface area (Å²) in [5.41, 5.74) is 4.37. The number of benzene rings is 3. The zero-order valence-corrected chi connectivity index (χ0v) is 22.1. The molecule has 3 aromatic carbocycles. The number of sulfonamides is 1. The van der Waals surface area contributed by atoms with Gasteiger partial charge in [-0.05, 0) is 48.4 Å². The van der Waals surface area contributed by atoms with Gasteiger partial charge in [0.2, 0.25) is 10.0 Å². The van der Waals surface area contributed by atoms with Gasteiger partial charge in [0.15, 0.2) is 5.82 Å². The normalized spacial score (nSPS) is 11.1. The highest BCUT2D eigenvalue weighted by Gasteiger charge is 2.16. The van der Waals surface area contributed by atoms with E-state index in [1.807, 2.05) is 54.6 Å². The summed E-state index contributed by atoms with van der Waals surface area (Å²) < 4.78 is 37.0. The first-order valence-corrected chi connectivity index (χ1v) is 13.6. The number of hydrogen-bond donors (Lipinski definition) is 2. The van der Waals surface area contributed by atoms with Gasteiger partial charge in [-0.25, -0.2) is 13.4 Å². The molecule has 4 rings (SSSR count). The Morgan fingerprint density at radius 1 is 0.947 bits per heavy atom. The topological polar surface area (TPSA) is 120 Å². The first-order valence-electron chi connectivity index (χ1n) is 11.7. The van der Waals surface area contributed by atoms with Gasteiger partial charge in [-0.1, -0.05) is 42.5 Å². The second-order valence-corrected chi connectivity index (χ2v) is 10.4. The Morgan fingerprint density at radius 3 is 2.29 bits per heavy atom. The van der Waals surface area contributed by atoms with E-state index in [9.17, 15) is 13.2 Å². The Hall–Kier alpha value is -4.28. The second-order valence-electron chi connectivity index (χ2n) is 8.61. The number of ether oxygens (including phenoxy) is 2. The molecule has 0 saturated carbocycles. The van der Waals surface area contributed by atoms with Crippen molar-refractivity contribution in [1.29, 1.82) is 0 Å². The minimum absolute atomic E-state index is 0.106. The lowest BCUT2D eigenvalue weighted by Gasteiger charge is -2.13. The molecule has 0 fully saturated rings. The highest BCUT2D eigenvalue weighted by Crippen LogP contribution is 2.31. The molecule has 1 aromatic heterocycles. The Morgan fingerprint density at radius 2 is 1.63 bits per heavy atom. The lowest BCUT2D eigenvalue weighted by Crippen LogP contribution is -2.13. The van der Waals surface area contributed by atoms with Crippen LogP contribution in [-0.2, 0) is 28.0 Å². The van der Waals surface area contributed by atoms with Gasteiger partial charge in [-0.3, -0.25) is 14.5 Å². The average molecular weight is 533 g/mol. The average Bonchev–Trinajstić information content (AvgIpc) is 2.90. The van der Waals surface area contributed by atoms with Gasteiger partial charge in [0, 0.05) is 16.8 Å². The van der Waals surface area contributed by atoms with Gasteiger partial charge in [-0.15, -0.1) is 0 Å². The molecule has 0 spiro atoms. The van der Waals surface area contributed by atoms with Gasteiger partial charge >= 0.3 is 0 Å². The number of anilines is 2. The van der Waals surface area contributed by atoms with E-state index in [1.165, 1.54) is 13.3 Å². The second kappa shape index (κ2) is 11.8. The molecule has 196 valence electrons. The molecule has 38 heavy (non-hydrogen) atoms. The van der Waals surface area contributed by atoms with E-state index >= 15 is 0 Å². The molecule has 0 radical (unpaired) electrons. The van der Waals surface area contributed by atoms with Crippen LogP contribution in [0, 0.1) is 6.92 Å². The zero-order valence-electron chi connectivity index (χ0n) is 21.3. The number of rotatable bonds is 10. The molecular formula is C28H28N4O5S. The highest BCUT2D eigenvalue weighted by atomic mass is 32.2. The van der Waals surface area contributed by atoms with Crippen molar-refractivity contribution in [2.75, 3.05) is 23.4 Å². The molecule has 0 unspecified atom stereocenters. The largest absolute Gasteiger partial charge is 0.496 e. The molecule has 2 N–H and O–H groups in total. The number of carbonyl (C=O) groups is 1. The smallest absolute Gasteiger partial charge is 0.255 e. The number of hydrogen-bond acceptors (Lipinski definition) is 7. The maximum atomic E-state index is 13.0. The molecule has 0 saturated heterocycles. The van der Waals surface area contributed by atoms with Crippen LogP contribution in [0.5, 0.6) is 5.75 Å². The van der Waals surface area contributed by atoms with Crippen LogP contribution in [0.25, 0.3) is 11.3 Å². The third kappa shape index (κ3) is 7.15. The van der Waals surface area contributed by atoms with Crippen LogP contribution in [0.1, 0.15) is 27.2 Å².